The highest BCUT2D eigenvalue weighted by Gasteiger charge is 2.23. The summed E-state index contributed by atoms with van der Waals surface area (Å²) < 4.78 is 14.9. The molecule has 0 radical (unpaired) electrons. The van der Waals surface area contributed by atoms with Gasteiger partial charge < -0.3 is 9.47 Å². The summed E-state index contributed by atoms with van der Waals surface area (Å²) in [4.78, 5) is 25.9. The second-order valence-electron chi connectivity index (χ2n) is 8.99. The Labute approximate surface area is 232 Å². The number of methoxy groups -OCH3 is 1. The Morgan fingerprint density at radius 2 is 1.49 bits per heavy atom. The first-order chi connectivity index (χ1) is 18.8. The van der Waals surface area contributed by atoms with Gasteiger partial charge in [0.1, 0.15) is 12.0 Å². The summed E-state index contributed by atoms with van der Waals surface area (Å²) >= 11 is 1.31. The molecule has 2 atom stereocenters. The summed E-state index contributed by atoms with van der Waals surface area (Å²) in [6.07, 6.45) is 0.503. The number of rotatable bonds is 9. The van der Waals surface area contributed by atoms with Crippen molar-refractivity contribution in [2.45, 2.75) is 25.9 Å². The zero-order valence-electron chi connectivity index (χ0n) is 22.1. The number of hydrogen-bond donors (Lipinski definition) is 1. The molecule has 7 heteroatoms. The molecular weight excluding hydrogens is 508 g/mol. The molecule has 4 rings (SSSR count). The fraction of sp³-hybridized carbons (Fsp3) is 0.156. The van der Waals surface area contributed by atoms with E-state index in [0.717, 1.165) is 32.7 Å². The quantitative estimate of drug-likeness (QED) is 0.174. The van der Waals surface area contributed by atoms with Crippen LogP contribution in [0.3, 0.4) is 0 Å². The number of esters is 1. The van der Waals surface area contributed by atoms with Crippen molar-refractivity contribution < 1.29 is 19.1 Å². The number of anilines is 1. The molecule has 0 spiro atoms. The number of aryl methyl sites for hydroxylation is 1. The van der Waals surface area contributed by atoms with Crippen molar-refractivity contribution in [2.24, 2.45) is 0 Å². The van der Waals surface area contributed by atoms with E-state index in [1.165, 1.54) is 18.6 Å². The Hall–Kier alpha value is -4.49. The van der Waals surface area contributed by atoms with Gasteiger partial charge in [-0.1, -0.05) is 98.1 Å². The SMILES string of the molecule is C=CC(=C)[C@@H](C)OC(=O)Nc1c(C)nsc1-c1ccc(-c2ccc(C(C(=O)OC)c3ccccc3)cc2)cc1. The lowest BCUT2D eigenvalue weighted by molar-refractivity contribution is -0.141. The number of carbonyl (C=O) groups excluding carboxylic acids is 2. The molecule has 198 valence electrons. The van der Waals surface area contributed by atoms with Crippen LogP contribution in [-0.4, -0.2) is 29.6 Å². The average Bonchev–Trinajstić information content (AvgIpc) is 3.32. The molecule has 39 heavy (non-hydrogen) atoms. The van der Waals surface area contributed by atoms with Crippen molar-refractivity contribution in [3.05, 3.63) is 120 Å². The number of carbonyl (C=O) groups is 2. The zero-order chi connectivity index (χ0) is 27.9. The van der Waals surface area contributed by atoms with Crippen LogP contribution in [0.5, 0.6) is 0 Å². The zero-order valence-corrected chi connectivity index (χ0v) is 23.0. The second-order valence-corrected chi connectivity index (χ2v) is 9.76. The largest absolute Gasteiger partial charge is 0.468 e. The maximum Gasteiger partial charge on any atom is 0.412 e. The van der Waals surface area contributed by atoms with Crippen molar-refractivity contribution in [1.82, 2.24) is 4.37 Å². The van der Waals surface area contributed by atoms with E-state index in [1.807, 2.05) is 85.8 Å². The predicted molar refractivity (Wildman–Crippen MR) is 157 cm³/mol. The molecule has 0 saturated heterocycles. The molecule has 0 fully saturated rings. The first kappa shape index (κ1) is 27.5. The van der Waals surface area contributed by atoms with Gasteiger partial charge in [-0.15, -0.1) is 0 Å². The normalized spacial score (nSPS) is 12.2. The smallest absolute Gasteiger partial charge is 0.412 e. The number of amides is 1. The van der Waals surface area contributed by atoms with Crippen LogP contribution in [0.2, 0.25) is 0 Å². The average molecular weight is 539 g/mol. The number of nitrogens with one attached hydrogen (secondary N) is 1. The summed E-state index contributed by atoms with van der Waals surface area (Å²) in [5.74, 6) is -0.788. The van der Waals surface area contributed by atoms with Gasteiger partial charge in [-0.25, -0.2) is 4.79 Å². The molecule has 6 nitrogen and oxygen atoms in total. The molecule has 1 aromatic heterocycles. The molecular formula is C32H30N2O4S. The first-order valence-electron chi connectivity index (χ1n) is 12.4. The van der Waals surface area contributed by atoms with Gasteiger partial charge in [0.15, 0.2) is 0 Å². The molecule has 1 amide bonds. The summed E-state index contributed by atoms with van der Waals surface area (Å²) in [5.41, 5.74) is 6.66. The lowest BCUT2D eigenvalue weighted by atomic mass is 9.90. The topological polar surface area (TPSA) is 77.5 Å². The van der Waals surface area contributed by atoms with Crippen LogP contribution in [0, 0.1) is 6.92 Å². The van der Waals surface area contributed by atoms with E-state index < -0.39 is 18.1 Å². The van der Waals surface area contributed by atoms with Crippen LogP contribution in [0.1, 0.15) is 29.7 Å². The van der Waals surface area contributed by atoms with Gasteiger partial charge in [0, 0.05) is 0 Å². The maximum atomic E-state index is 12.6. The van der Waals surface area contributed by atoms with Crippen LogP contribution in [0.25, 0.3) is 21.6 Å². The van der Waals surface area contributed by atoms with Crippen molar-refractivity contribution in [3.8, 4) is 21.6 Å². The Bertz CT molecular complexity index is 1480. The van der Waals surface area contributed by atoms with Gasteiger partial charge in [-0.3, -0.25) is 10.1 Å². The molecule has 4 aromatic rings. The van der Waals surface area contributed by atoms with Gasteiger partial charge in [0.2, 0.25) is 0 Å². The third kappa shape index (κ3) is 6.33. The van der Waals surface area contributed by atoms with E-state index >= 15 is 0 Å². The summed E-state index contributed by atoms with van der Waals surface area (Å²) in [7, 11) is 1.41. The lowest BCUT2D eigenvalue weighted by Gasteiger charge is -2.16. The van der Waals surface area contributed by atoms with Gasteiger partial charge in [0.05, 0.1) is 23.4 Å². The minimum atomic E-state index is -0.576. The van der Waals surface area contributed by atoms with Gasteiger partial charge in [-0.05, 0) is 58.8 Å². The van der Waals surface area contributed by atoms with E-state index in [0.29, 0.717) is 17.0 Å². The molecule has 0 aliphatic carbocycles. The number of hydrogen-bond acceptors (Lipinski definition) is 6. The van der Waals surface area contributed by atoms with Crippen molar-refractivity contribution in [1.29, 1.82) is 0 Å². The molecule has 0 aliphatic heterocycles. The molecule has 0 aliphatic rings. The van der Waals surface area contributed by atoms with E-state index in [4.69, 9.17) is 9.47 Å². The third-order valence-electron chi connectivity index (χ3n) is 6.45. The standard InChI is InChI=1S/C32H30N2O4S/c1-6-20(2)22(4)38-32(36)33-29-21(3)34-39-30(29)27-18-14-24(15-19-27)23-12-16-26(17-13-23)28(31(35)37-5)25-10-8-7-9-11-25/h6-19,22,28H,1-2H2,3-5H3,(H,33,36)/t22-,28?/m1/s1. The Balaban J connectivity index is 1.53. The van der Waals surface area contributed by atoms with Crippen LogP contribution >= 0.6 is 11.5 Å². The highest BCUT2D eigenvalue weighted by atomic mass is 32.1. The summed E-state index contributed by atoms with van der Waals surface area (Å²) in [6, 6.07) is 25.6. The molecule has 1 heterocycles. The molecule has 1 unspecified atom stereocenters. The number of nitrogens with zero attached hydrogens (tertiary/aromatic N) is 1. The monoisotopic (exact) mass is 538 g/mol. The Kier molecular flexibility index (Phi) is 8.74. The fourth-order valence-electron chi connectivity index (χ4n) is 4.16. The van der Waals surface area contributed by atoms with Crippen molar-refractivity contribution in [2.75, 3.05) is 12.4 Å². The van der Waals surface area contributed by atoms with Crippen molar-refractivity contribution in [3.63, 3.8) is 0 Å². The molecule has 3 aromatic carbocycles. The molecule has 0 bridgehead atoms. The van der Waals surface area contributed by atoms with E-state index in [2.05, 4.69) is 22.8 Å². The fourth-order valence-corrected chi connectivity index (χ4v) is 5.01. The maximum absolute atomic E-state index is 12.6. The Morgan fingerprint density at radius 3 is 2.08 bits per heavy atom. The lowest BCUT2D eigenvalue weighted by Crippen LogP contribution is -2.21. The van der Waals surface area contributed by atoms with Gasteiger partial charge in [0.25, 0.3) is 0 Å². The molecule has 1 N–H and O–H groups in total. The number of aromatic nitrogens is 1. The van der Waals surface area contributed by atoms with Gasteiger partial charge >= 0.3 is 12.1 Å². The highest BCUT2D eigenvalue weighted by molar-refractivity contribution is 7.10. The first-order valence-corrected chi connectivity index (χ1v) is 13.2. The van der Waals surface area contributed by atoms with Crippen LogP contribution < -0.4 is 5.32 Å². The summed E-state index contributed by atoms with van der Waals surface area (Å²) in [6.45, 7) is 11.1. The van der Waals surface area contributed by atoms with E-state index in [9.17, 15) is 9.59 Å². The van der Waals surface area contributed by atoms with E-state index in [1.54, 1.807) is 13.0 Å². The van der Waals surface area contributed by atoms with Crippen molar-refractivity contribution >= 4 is 29.3 Å². The van der Waals surface area contributed by atoms with E-state index in [-0.39, 0.29) is 5.97 Å². The summed E-state index contributed by atoms with van der Waals surface area (Å²) in [5, 5.41) is 2.83. The molecule has 0 saturated carbocycles. The minimum absolute atomic E-state index is 0.299. The number of ether oxygens (including phenoxy) is 2. The van der Waals surface area contributed by atoms with Crippen LogP contribution in [0.15, 0.2) is 104 Å². The second kappa shape index (κ2) is 12.4. The van der Waals surface area contributed by atoms with Crippen LogP contribution in [-0.2, 0) is 14.3 Å². The minimum Gasteiger partial charge on any atom is -0.468 e. The van der Waals surface area contributed by atoms with Gasteiger partial charge in [-0.2, -0.15) is 4.37 Å². The Morgan fingerprint density at radius 1 is 0.923 bits per heavy atom. The third-order valence-corrected chi connectivity index (χ3v) is 7.44. The predicted octanol–water partition coefficient (Wildman–Crippen LogP) is 7.77. The van der Waals surface area contributed by atoms with Crippen LogP contribution in [0.4, 0.5) is 10.5 Å². The highest BCUT2D eigenvalue weighted by Crippen LogP contribution is 2.36. The number of benzene rings is 3.